The van der Waals surface area contributed by atoms with Crippen molar-refractivity contribution in [3.8, 4) is 5.75 Å². The number of carbonyl (C=O) groups is 1. The number of methoxy groups -OCH3 is 1. The molecule has 0 bridgehead atoms. The molecule has 3 rings (SSSR count). The second kappa shape index (κ2) is 5.87. The van der Waals surface area contributed by atoms with E-state index in [1.807, 2.05) is 30.3 Å². The molecular formula is C17H18N2O2. The maximum atomic E-state index is 12.3. The lowest BCUT2D eigenvalue weighted by molar-refractivity contribution is 0.102. The van der Waals surface area contributed by atoms with Crippen LogP contribution in [0.1, 0.15) is 22.3 Å². The van der Waals surface area contributed by atoms with Gasteiger partial charge in [-0.15, -0.1) is 0 Å². The maximum absolute atomic E-state index is 12.3. The zero-order valence-electron chi connectivity index (χ0n) is 12.0. The number of ether oxygens (including phenoxy) is 1. The van der Waals surface area contributed by atoms with Crippen LogP contribution in [0.4, 0.5) is 11.4 Å². The first-order valence-corrected chi connectivity index (χ1v) is 7.08. The Hall–Kier alpha value is -2.49. The quantitative estimate of drug-likeness (QED) is 0.908. The predicted octanol–water partition coefficient (Wildman–Crippen LogP) is 3.31. The highest BCUT2D eigenvalue weighted by Crippen LogP contribution is 2.25. The Morgan fingerprint density at radius 1 is 1.24 bits per heavy atom. The fourth-order valence-electron chi connectivity index (χ4n) is 2.52. The lowest BCUT2D eigenvalue weighted by atomic mass is 10.0. The maximum Gasteiger partial charge on any atom is 0.255 e. The van der Waals surface area contributed by atoms with Gasteiger partial charge in [-0.05, 0) is 54.8 Å². The van der Waals surface area contributed by atoms with Crippen molar-refractivity contribution in [2.45, 2.75) is 12.8 Å². The van der Waals surface area contributed by atoms with E-state index in [0.717, 1.165) is 25.1 Å². The zero-order chi connectivity index (χ0) is 14.7. The summed E-state index contributed by atoms with van der Waals surface area (Å²) in [5.74, 6) is 0.551. The van der Waals surface area contributed by atoms with E-state index in [-0.39, 0.29) is 5.91 Å². The SMILES string of the molecule is COc1cccc(C(=O)Nc2ccc3c(c2)CCCN3)c1. The third kappa shape index (κ3) is 2.99. The van der Waals surface area contributed by atoms with Gasteiger partial charge in [-0.2, -0.15) is 0 Å². The average Bonchev–Trinajstić information content (AvgIpc) is 2.54. The molecule has 0 aromatic heterocycles. The van der Waals surface area contributed by atoms with Crippen molar-refractivity contribution in [3.05, 3.63) is 53.6 Å². The molecule has 1 aliphatic rings. The number of benzene rings is 2. The molecule has 1 aliphatic heterocycles. The van der Waals surface area contributed by atoms with Crippen LogP contribution < -0.4 is 15.4 Å². The highest BCUT2D eigenvalue weighted by molar-refractivity contribution is 6.04. The number of nitrogens with one attached hydrogen (secondary N) is 2. The summed E-state index contributed by atoms with van der Waals surface area (Å²) in [6.45, 7) is 1.02. The van der Waals surface area contributed by atoms with Gasteiger partial charge in [0.25, 0.3) is 5.91 Å². The minimum Gasteiger partial charge on any atom is -0.497 e. The van der Waals surface area contributed by atoms with Crippen LogP contribution in [0.3, 0.4) is 0 Å². The molecule has 0 aliphatic carbocycles. The van der Waals surface area contributed by atoms with Gasteiger partial charge in [-0.3, -0.25) is 4.79 Å². The van der Waals surface area contributed by atoms with Gasteiger partial charge in [-0.1, -0.05) is 6.07 Å². The molecule has 4 heteroatoms. The summed E-state index contributed by atoms with van der Waals surface area (Å²) in [5.41, 5.74) is 3.83. The van der Waals surface area contributed by atoms with Crippen LogP contribution in [-0.4, -0.2) is 19.6 Å². The van der Waals surface area contributed by atoms with Crippen LogP contribution in [-0.2, 0) is 6.42 Å². The second-order valence-electron chi connectivity index (χ2n) is 5.09. The monoisotopic (exact) mass is 282 g/mol. The predicted molar refractivity (Wildman–Crippen MR) is 84.2 cm³/mol. The highest BCUT2D eigenvalue weighted by Gasteiger charge is 2.11. The van der Waals surface area contributed by atoms with Crippen LogP contribution in [0, 0.1) is 0 Å². The molecule has 2 aromatic rings. The minimum atomic E-state index is -0.127. The molecule has 0 fully saturated rings. The number of hydrogen-bond acceptors (Lipinski definition) is 3. The van der Waals surface area contributed by atoms with Gasteiger partial charge in [0.1, 0.15) is 5.75 Å². The third-order valence-corrected chi connectivity index (χ3v) is 3.63. The molecule has 0 saturated carbocycles. The van der Waals surface area contributed by atoms with E-state index >= 15 is 0 Å². The van der Waals surface area contributed by atoms with E-state index in [2.05, 4.69) is 10.6 Å². The molecule has 0 saturated heterocycles. The fourth-order valence-corrected chi connectivity index (χ4v) is 2.52. The molecule has 0 spiro atoms. The van der Waals surface area contributed by atoms with Gasteiger partial charge >= 0.3 is 0 Å². The summed E-state index contributed by atoms with van der Waals surface area (Å²) in [7, 11) is 1.59. The normalized spacial score (nSPS) is 13.0. The topological polar surface area (TPSA) is 50.4 Å². The van der Waals surface area contributed by atoms with E-state index in [4.69, 9.17) is 4.74 Å². The van der Waals surface area contributed by atoms with Crippen LogP contribution in [0.2, 0.25) is 0 Å². The Morgan fingerprint density at radius 2 is 2.14 bits per heavy atom. The summed E-state index contributed by atoms with van der Waals surface area (Å²) < 4.78 is 5.14. The third-order valence-electron chi connectivity index (χ3n) is 3.63. The Morgan fingerprint density at radius 3 is 3.00 bits per heavy atom. The number of rotatable bonds is 3. The van der Waals surface area contributed by atoms with Crippen molar-refractivity contribution in [3.63, 3.8) is 0 Å². The molecule has 2 aromatic carbocycles. The largest absolute Gasteiger partial charge is 0.497 e. The van der Waals surface area contributed by atoms with E-state index in [9.17, 15) is 4.79 Å². The molecule has 21 heavy (non-hydrogen) atoms. The summed E-state index contributed by atoms with van der Waals surface area (Å²) >= 11 is 0. The lowest BCUT2D eigenvalue weighted by Gasteiger charge is -2.18. The summed E-state index contributed by atoms with van der Waals surface area (Å²) in [6.07, 6.45) is 2.17. The zero-order valence-corrected chi connectivity index (χ0v) is 12.0. The Balaban J connectivity index is 1.78. The molecule has 0 unspecified atom stereocenters. The van der Waals surface area contributed by atoms with Crippen molar-refractivity contribution in [1.82, 2.24) is 0 Å². The van der Waals surface area contributed by atoms with Crippen molar-refractivity contribution in [2.75, 3.05) is 24.3 Å². The van der Waals surface area contributed by atoms with Crippen molar-refractivity contribution in [1.29, 1.82) is 0 Å². The molecule has 1 amide bonds. The number of aryl methyl sites for hydroxylation is 1. The van der Waals surface area contributed by atoms with Crippen LogP contribution in [0.5, 0.6) is 5.75 Å². The molecular weight excluding hydrogens is 264 g/mol. The lowest BCUT2D eigenvalue weighted by Crippen LogP contribution is -2.14. The van der Waals surface area contributed by atoms with Crippen LogP contribution in [0.15, 0.2) is 42.5 Å². The number of carbonyl (C=O) groups excluding carboxylic acids is 1. The first-order chi connectivity index (χ1) is 10.3. The van der Waals surface area contributed by atoms with Gasteiger partial charge in [-0.25, -0.2) is 0 Å². The fraction of sp³-hybridized carbons (Fsp3) is 0.235. The first-order valence-electron chi connectivity index (χ1n) is 7.08. The number of fused-ring (bicyclic) bond motifs is 1. The van der Waals surface area contributed by atoms with Crippen molar-refractivity contribution < 1.29 is 9.53 Å². The number of amides is 1. The number of anilines is 2. The average molecular weight is 282 g/mol. The van der Waals surface area contributed by atoms with E-state index in [0.29, 0.717) is 11.3 Å². The van der Waals surface area contributed by atoms with Crippen LogP contribution >= 0.6 is 0 Å². The molecule has 1 heterocycles. The minimum absolute atomic E-state index is 0.127. The van der Waals surface area contributed by atoms with Gasteiger partial charge in [0, 0.05) is 23.5 Å². The Labute approximate surface area is 124 Å². The van der Waals surface area contributed by atoms with Crippen molar-refractivity contribution >= 4 is 17.3 Å². The van der Waals surface area contributed by atoms with E-state index in [1.165, 1.54) is 11.3 Å². The van der Waals surface area contributed by atoms with E-state index in [1.54, 1.807) is 19.2 Å². The number of hydrogen-bond donors (Lipinski definition) is 2. The second-order valence-corrected chi connectivity index (χ2v) is 5.09. The highest BCUT2D eigenvalue weighted by atomic mass is 16.5. The van der Waals surface area contributed by atoms with Crippen LogP contribution in [0.25, 0.3) is 0 Å². The molecule has 0 radical (unpaired) electrons. The molecule has 108 valence electrons. The summed E-state index contributed by atoms with van der Waals surface area (Å²) in [4.78, 5) is 12.3. The first kappa shape index (κ1) is 13.5. The van der Waals surface area contributed by atoms with Gasteiger partial charge in [0.15, 0.2) is 0 Å². The molecule has 2 N–H and O–H groups in total. The Bertz CT molecular complexity index is 668. The van der Waals surface area contributed by atoms with Crippen molar-refractivity contribution in [2.24, 2.45) is 0 Å². The van der Waals surface area contributed by atoms with Gasteiger partial charge < -0.3 is 15.4 Å². The molecule has 0 atom stereocenters. The van der Waals surface area contributed by atoms with Gasteiger partial charge in [0.2, 0.25) is 0 Å². The van der Waals surface area contributed by atoms with Gasteiger partial charge in [0.05, 0.1) is 7.11 Å². The molecule has 4 nitrogen and oxygen atoms in total. The summed E-state index contributed by atoms with van der Waals surface area (Å²) in [5, 5.41) is 6.30. The Kier molecular flexibility index (Phi) is 3.77. The summed E-state index contributed by atoms with van der Waals surface area (Å²) in [6, 6.07) is 13.1. The smallest absolute Gasteiger partial charge is 0.255 e. The standard InChI is InChI=1S/C17H18N2O2/c1-21-15-6-2-4-13(11-15)17(20)19-14-7-8-16-12(10-14)5-3-9-18-16/h2,4,6-8,10-11,18H,3,5,9H2,1H3,(H,19,20). The van der Waals surface area contributed by atoms with E-state index < -0.39 is 0 Å².